The summed E-state index contributed by atoms with van der Waals surface area (Å²) < 4.78 is 53.3. The van der Waals surface area contributed by atoms with Crippen LogP contribution in [-0.4, -0.2) is 64.6 Å². The molecule has 250 valence electrons. The minimum Gasteiger partial charge on any atom is -0.480 e. The average Bonchev–Trinajstić information content (AvgIpc) is 3.61. The normalized spacial score (nSPS) is 22.2. The number of carboxylic acids is 1. The molecule has 1 aliphatic carbocycles. The van der Waals surface area contributed by atoms with E-state index in [1.165, 1.54) is 10.9 Å². The molecule has 1 saturated heterocycles. The SMILES string of the molecule is CCc1nc(Cc2ccc(C(F)(F)F)cc2)sc1C1CCN(CC2CC(N(C)[C@@H](C(=O)O)C(C)C)CC2c2cccc(F)c2)CC1. The summed E-state index contributed by atoms with van der Waals surface area (Å²) in [7, 11) is 1.92. The Hall–Kier alpha value is -2.82. The number of aromatic nitrogens is 1. The monoisotopic (exact) mass is 659 g/mol. The third-order valence-corrected chi connectivity index (χ3v) is 11.3. The van der Waals surface area contributed by atoms with Crippen molar-refractivity contribution in [2.75, 3.05) is 26.7 Å². The molecule has 0 amide bonds. The number of likely N-dealkylation sites (N-methyl/N-ethyl adjacent to an activating group) is 1. The number of likely N-dealkylation sites (tertiary alicyclic amines) is 1. The van der Waals surface area contributed by atoms with Gasteiger partial charge in [-0.15, -0.1) is 11.3 Å². The van der Waals surface area contributed by atoms with Gasteiger partial charge in [0.1, 0.15) is 11.9 Å². The molecule has 3 aromatic rings. The van der Waals surface area contributed by atoms with Crippen LogP contribution >= 0.6 is 11.3 Å². The first-order valence-electron chi connectivity index (χ1n) is 16.4. The van der Waals surface area contributed by atoms with E-state index in [2.05, 4.69) is 11.8 Å². The first kappa shape index (κ1) is 34.5. The van der Waals surface area contributed by atoms with Crippen molar-refractivity contribution in [1.29, 1.82) is 0 Å². The molecule has 10 heteroatoms. The summed E-state index contributed by atoms with van der Waals surface area (Å²) in [6.45, 7) is 8.76. The lowest BCUT2D eigenvalue weighted by molar-refractivity contribution is -0.145. The zero-order chi connectivity index (χ0) is 33.2. The van der Waals surface area contributed by atoms with E-state index < -0.39 is 23.8 Å². The number of carboxylic acid groups (broad SMARTS) is 1. The maximum absolute atomic E-state index is 14.3. The molecule has 0 spiro atoms. The minimum absolute atomic E-state index is 0.0246. The van der Waals surface area contributed by atoms with Crippen LogP contribution in [0.25, 0.3) is 0 Å². The van der Waals surface area contributed by atoms with Gasteiger partial charge < -0.3 is 10.0 Å². The molecule has 2 fully saturated rings. The van der Waals surface area contributed by atoms with E-state index in [-0.39, 0.29) is 29.6 Å². The third kappa shape index (κ3) is 8.00. The molecule has 4 atom stereocenters. The van der Waals surface area contributed by atoms with Gasteiger partial charge in [0.25, 0.3) is 0 Å². The van der Waals surface area contributed by atoms with E-state index in [1.807, 2.05) is 31.9 Å². The lowest BCUT2D eigenvalue weighted by atomic mass is 9.87. The highest BCUT2D eigenvalue weighted by Crippen LogP contribution is 2.44. The number of halogens is 4. The zero-order valence-electron chi connectivity index (χ0n) is 27.1. The van der Waals surface area contributed by atoms with Gasteiger partial charge in [0.15, 0.2) is 0 Å². The van der Waals surface area contributed by atoms with Gasteiger partial charge in [0.2, 0.25) is 0 Å². The van der Waals surface area contributed by atoms with Crippen LogP contribution in [0.2, 0.25) is 0 Å². The number of carbonyl (C=O) groups is 1. The van der Waals surface area contributed by atoms with Gasteiger partial charge in [-0.25, -0.2) is 9.37 Å². The molecular formula is C36H45F4N3O2S. The number of aliphatic carboxylic acids is 1. The summed E-state index contributed by atoms with van der Waals surface area (Å²) in [5, 5.41) is 10.9. The van der Waals surface area contributed by atoms with Crippen molar-refractivity contribution < 1.29 is 27.5 Å². The lowest BCUT2D eigenvalue weighted by Gasteiger charge is -2.35. The van der Waals surface area contributed by atoms with Crippen molar-refractivity contribution in [1.82, 2.24) is 14.8 Å². The molecule has 5 rings (SSSR count). The van der Waals surface area contributed by atoms with Gasteiger partial charge in [-0.1, -0.05) is 45.0 Å². The second kappa shape index (κ2) is 14.5. The van der Waals surface area contributed by atoms with Crippen molar-refractivity contribution in [3.8, 4) is 0 Å². The predicted molar refractivity (Wildman–Crippen MR) is 174 cm³/mol. The Balaban J connectivity index is 1.24. The second-order valence-corrected chi connectivity index (χ2v) is 14.6. The van der Waals surface area contributed by atoms with Crippen LogP contribution in [0, 0.1) is 17.7 Å². The van der Waals surface area contributed by atoms with Crippen LogP contribution < -0.4 is 0 Å². The van der Waals surface area contributed by atoms with E-state index >= 15 is 0 Å². The molecule has 3 unspecified atom stereocenters. The van der Waals surface area contributed by atoms with Gasteiger partial charge in [-0.2, -0.15) is 13.2 Å². The fourth-order valence-electron chi connectivity index (χ4n) is 7.69. The number of alkyl halides is 3. The molecule has 5 nitrogen and oxygen atoms in total. The summed E-state index contributed by atoms with van der Waals surface area (Å²) in [5.41, 5.74) is 2.27. The molecule has 1 saturated carbocycles. The maximum atomic E-state index is 14.3. The Kier molecular flexibility index (Phi) is 10.9. The molecule has 2 aliphatic rings. The first-order valence-corrected chi connectivity index (χ1v) is 17.2. The second-order valence-electron chi connectivity index (χ2n) is 13.5. The number of aryl methyl sites for hydroxylation is 1. The van der Waals surface area contributed by atoms with Crippen molar-refractivity contribution in [2.24, 2.45) is 11.8 Å². The van der Waals surface area contributed by atoms with Crippen molar-refractivity contribution >= 4 is 17.3 Å². The highest BCUT2D eigenvalue weighted by molar-refractivity contribution is 7.11. The molecule has 46 heavy (non-hydrogen) atoms. The Morgan fingerprint density at radius 2 is 1.80 bits per heavy atom. The molecule has 2 heterocycles. The summed E-state index contributed by atoms with van der Waals surface area (Å²) >= 11 is 1.70. The summed E-state index contributed by atoms with van der Waals surface area (Å²) in [4.78, 5) is 22.9. The number of hydrogen-bond acceptors (Lipinski definition) is 5. The maximum Gasteiger partial charge on any atom is 0.416 e. The molecule has 2 aromatic carbocycles. The summed E-state index contributed by atoms with van der Waals surface area (Å²) in [6.07, 6.45) is 0.681. The predicted octanol–water partition coefficient (Wildman–Crippen LogP) is 8.24. The number of hydrogen-bond donors (Lipinski definition) is 1. The average molecular weight is 660 g/mol. The van der Waals surface area contributed by atoms with E-state index in [9.17, 15) is 27.5 Å². The van der Waals surface area contributed by atoms with E-state index in [4.69, 9.17) is 4.98 Å². The number of nitrogens with zero attached hydrogens (tertiary/aromatic N) is 3. The topological polar surface area (TPSA) is 56.7 Å². The summed E-state index contributed by atoms with van der Waals surface area (Å²) in [5.74, 6) is -0.228. The van der Waals surface area contributed by atoms with Crippen LogP contribution in [0.4, 0.5) is 17.6 Å². The number of benzene rings is 2. The molecule has 0 bridgehead atoms. The van der Waals surface area contributed by atoms with E-state index in [1.54, 1.807) is 35.6 Å². The fraction of sp³-hybridized carbons (Fsp3) is 0.556. The van der Waals surface area contributed by atoms with Crippen LogP contribution in [0.5, 0.6) is 0 Å². The quantitative estimate of drug-likeness (QED) is 0.210. The largest absolute Gasteiger partial charge is 0.480 e. The Labute approximate surface area is 273 Å². The minimum atomic E-state index is -4.34. The van der Waals surface area contributed by atoms with Crippen molar-refractivity contribution in [3.63, 3.8) is 0 Å². The molecule has 1 N–H and O–H groups in total. The van der Waals surface area contributed by atoms with Gasteiger partial charge in [-0.3, -0.25) is 9.69 Å². The zero-order valence-corrected chi connectivity index (χ0v) is 27.9. The van der Waals surface area contributed by atoms with Crippen LogP contribution in [0.1, 0.15) is 90.6 Å². The smallest absolute Gasteiger partial charge is 0.416 e. The van der Waals surface area contributed by atoms with Gasteiger partial charge in [0, 0.05) is 23.9 Å². The highest BCUT2D eigenvalue weighted by atomic mass is 32.1. The number of thiazole rings is 1. The summed E-state index contributed by atoms with van der Waals surface area (Å²) in [6, 6.07) is 11.8. The number of rotatable bonds is 11. The van der Waals surface area contributed by atoms with Crippen LogP contribution in [0.3, 0.4) is 0 Å². The van der Waals surface area contributed by atoms with Gasteiger partial charge >= 0.3 is 12.1 Å². The highest BCUT2D eigenvalue weighted by Gasteiger charge is 2.42. The van der Waals surface area contributed by atoms with Gasteiger partial charge in [-0.05, 0) is 111 Å². The standard InChI is InChI=1S/C36H45F4N3O2S/c1-5-31-34(46-32(41-31)17-23-9-11-27(12-10-23)36(38,39)40)24-13-15-43(16-14-24)21-26-19-29(42(4)33(22(2)3)35(44)45)20-30(26)25-7-6-8-28(37)18-25/h6-12,18,22,24,26,29-30,33H,5,13-17,19-21H2,1-4H3,(H,44,45)/t26?,29?,30?,33-/m1/s1. The Bertz CT molecular complexity index is 1470. The van der Waals surface area contributed by atoms with Crippen molar-refractivity contribution in [2.45, 2.75) is 89.4 Å². The van der Waals surface area contributed by atoms with Gasteiger partial charge in [0.05, 0.1) is 16.3 Å². The van der Waals surface area contributed by atoms with E-state index in [0.717, 1.165) is 85.7 Å². The fourth-order valence-corrected chi connectivity index (χ4v) is 9.05. The Morgan fingerprint density at radius 1 is 1.11 bits per heavy atom. The number of piperidine rings is 1. The molecule has 1 aliphatic heterocycles. The van der Waals surface area contributed by atoms with Crippen LogP contribution in [0.15, 0.2) is 48.5 Å². The van der Waals surface area contributed by atoms with E-state index in [0.29, 0.717) is 12.3 Å². The lowest BCUT2D eigenvalue weighted by Crippen LogP contribution is -2.47. The third-order valence-electron chi connectivity index (χ3n) is 10.0. The first-order chi connectivity index (χ1) is 21.8. The molecular weight excluding hydrogens is 614 g/mol. The van der Waals surface area contributed by atoms with Crippen LogP contribution in [-0.2, 0) is 23.8 Å². The molecule has 0 radical (unpaired) electrons. The van der Waals surface area contributed by atoms with Crippen molar-refractivity contribution in [3.05, 3.63) is 86.6 Å². The Morgan fingerprint density at radius 3 is 2.39 bits per heavy atom. The molecule has 1 aromatic heterocycles.